The third-order valence-corrected chi connectivity index (χ3v) is 4.14. The van der Waals surface area contributed by atoms with E-state index in [1.165, 1.54) is 6.26 Å². The van der Waals surface area contributed by atoms with Crippen LogP contribution in [0.1, 0.15) is 27.2 Å². The van der Waals surface area contributed by atoms with Crippen LogP contribution in [0.5, 0.6) is 0 Å². The van der Waals surface area contributed by atoms with E-state index in [1.54, 1.807) is 12.1 Å². The van der Waals surface area contributed by atoms with Gasteiger partial charge in [-0.25, -0.2) is 4.99 Å². The SMILES string of the molecule is O=C(Nc1cccc(/C=C/c2ccccc2)c1C1=NCCO1)c1ccco1. The molecule has 5 nitrogen and oxygen atoms in total. The predicted molar refractivity (Wildman–Crippen MR) is 106 cm³/mol. The molecule has 1 aromatic heterocycles. The molecule has 1 aliphatic rings. The predicted octanol–water partition coefficient (Wildman–Crippen LogP) is 4.48. The van der Waals surface area contributed by atoms with Gasteiger partial charge in [0.1, 0.15) is 6.61 Å². The lowest BCUT2D eigenvalue weighted by Gasteiger charge is -2.13. The Kier molecular flexibility index (Phi) is 4.83. The fourth-order valence-corrected chi connectivity index (χ4v) is 2.88. The Morgan fingerprint density at radius 1 is 1.00 bits per heavy atom. The molecule has 0 saturated carbocycles. The first-order chi connectivity index (χ1) is 13.3. The fraction of sp³-hybridized carbons (Fsp3) is 0.0909. The summed E-state index contributed by atoms with van der Waals surface area (Å²) in [6.07, 6.45) is 5.49. The maximum Gasteiger partial charge on any atom is 0.291 e. The lowest BCUT2D eigenvalue weighted by Crippen LogP contribution is -2.15. The number of nitrogens with zero attached hydrogens (tertiary/aromatic N) is 1. The van der Waals surface area contributed by atoms with Crippen LogP contribution in [-0.4, -0.2) is 25.0 Å². The highest BCUT2D eigenvalue weighted by molar-refractivity contribution is 6.10. The lowest BCUT2D eigenvalue weighted by molar-refractivity contribution is 0.0996. The quantitative estimate of drug-likeness (QED) is 0.684. The Morgan fingerprint density at radius 2 is 1.89 bits per heavy atom. The summed E-state index contributed by atoms with van der Waals surface area (Å²) in [5.41, 5.74) is 3.40. The van der Waals surface area contributed by atoms with E-state index >= 15 is 0 Å². The largest absolute Gasteiger partial charge is 0.475 e. The Bertz CT molecular complexity index is 990. The molecule has 27 heavy (non-hydrogen) atoms. The van der Waals surface area contributed by atoms with Gasteiger partial charge in [0.05, 0.1) is 24.1 Å². The molecule has 0 fully saturated rings. The standard InChI is InChI=1S/C22H18N2O3/c25-21(19-10-5-14-26-19)24-18-9-4-8-17(20(18)22-23-13-15-27-22)12-11-16-6-2-1-3-7-16/h1-12,14H,13,15H2,(H,24,25)/b12-11+. The zero-order valence-electron chi connectivity index (χ0n) is 14.6. The molecule has 134 valence electrons. The molecule has 0 unspecified atom stereocenters. The zero-order valence-corrected chi connectivity index (χ0v) is 14.6. The number of furan rings is 1. The summed E-state index contributed by atoms with van der Waals surface area (Å²) in [7, 11) is 0. The Labute approximate surface area is 157 Å². The average Bonchev–Trinajstić information content (AvgIpc) is 3.41. The number of nitrogens with one attached hydrogen (secondary N) is 1. The van der Waals surface area contributed by atoms with Crippen LogP contribution in [0, 0.1) is 0 Å². The van der Waals surface area contributed by atoms with Crippen LogP contribution in [-0.2, 0) is 4.74 Å². The van der Waals surface area contributed by atoms with Crippen LogP contribution in [0.3, 0.4) is 0 Å². The summed E-state index contributed by atoms with van der Waals surface area (Å²) in [5, 5.41) is 2.90. The number of anilines is 1. The molecule has 0 spiro atoms. The number of carbonyl (C=O) groups excluding carboxylic acids is 1. The second kappa shape index (κ2) is 7.74. The van der Waals surface area contributed by atoms with Crippen molar-refractivity contribution >= 4 is 29.6 Å². The molecule has 0 bridgehead atoms. The van der Waals surface area contributed by atoms with Crippen LogP contribution in [0.4, 0.5) is 5.69 Å². The van der Waals surface area contributed by atoms with E-state index in [1.807, 2.05) is 60.7 Å². The van der Waals surface area contributed by atoms with Gasteiger partial charge in [0, 0.05) is 0 Å². The maximum atomic E-state index is 12.4. The van der Waals surface area contributed by atoms with Gasteiger partial charge < -0.3 is 14.5 Å². The minimum atomic E-state index is -0.316. The van der Waals surface area contributed by atoms with Gasteiger partial charge in [-0.05, 0) is 29.3 Å². The molecule has 5 heteroatoms. The molecular formula is C22H18N2O3. The molecule has 4 rings (SSSR count). The second-order valence-corrected chi connectivity index (χ2v) is 5.98. The highest BCUT2D eigenvalue weighted by atomic mass is 16.5. The Hall–Kier alpha value is -3.60. The van der Waals surface area contributed by atoms with Gasteiger partial charge in [-0.15, -0.1) is 0 Å². The van der Waals surface area contributed by atoms with Gasteiger partial charge in [0.2, 0.25) is 5.90 Å². The summed E-state index contributed by atoms with van der Waals surface area (Å²) in [5.74, 6) is 0.475. The van der Waals surface area contributed by atoms with Crippen molar-refractivity contribution in [1.29, 1.82) is 0 Å². The second-order valence-electron chi connectivity index (χ2n) is 5.98. The van der Waals surface area contributed by atoms with E-state index in [0.29, 0.717) is 24.7 Å². The van der Waals surface area contributed by atoms with Crippen molar-refractivity contribution in [2.75, 3.05) is 18.5 Å². The van der Waals surface area contributed by atoms with E-state index in [9.17, 15) is 4.79 Å². The third-order valence-electron chi connectivity index (χ3n) is 4.14. The summed E-state index contributed by atoms with van der Waals surface area (Å²) in [6, 6.07) is 19.0. The number of amides is 1. The maximum absolute atomic E-state index is 12.4. The van der Waals surface area contributed by atoms with Gasteiger partial charge in [-0.2, -0.15) is 0 Å². The first-order valence-electron chi connectivity index (χ1n) is 8.70. The molecule has 0 saturated heterocycles. The minimum absolute atomic E-state index is 0.250. The molecule has 0 atom stereocenters. The number of ether oxygens (including phenoxy) is 1. The Balaban J connectivity index is 1.70. The lowest BCUT2D eigenvalue weighted by atomic mass is 10.0. The summed E-state index contributed by atoms with van der Waals surface area (Å²) >= 11 is 0. The summed E-state index contributed by atoms with van der Waals surface area (Å²) in [4.78, 5) is 16.9. The Morgan fingerprint density at radius 3 is 2.63 bits per heavy atom. The van der Waals surface area contributed by atoms with E-state index in [4.69, 9.17) is 9.15 Å². The van der Waals surface area contributed by atoms with E-state index in [0.717, 1.165) is 16.7 Å². The van der Waals surface area contributed by atoms with Crippen molar-refractivity contribution in [3.05, 3.63) is 89.4 Å². The number of carbonyl (C=O) groups is 1. The smallest absolute Gasteiger partial charge is 0.291 e. The number of rotatable bonds is 5. The van der Waals surface area contributed by atoms with Crippen molar-refractivity contribution in [2.24, 2.45) is 4.99 Å². The van der Waals surface area contributed by atoms with Gasteiger partial charge in [-0.1, -0.05) is 54.6 Å². The van der Waals surface area contributed by atoms with Crippen LogP contribution in [0.15, 0.2) is 76.3 Å². The minimum Gasteiger partial charge on any atom is -0.475 e. The first-order valence-corrected chi connectivity index (χ1v) is 8.70. The van der Waals surface area contributed by atoms with Crippen molar-refractivity contribution in [2.45, 2.75) is 0 Å². The highest BCUT2D eigenvalue weighted by Gasteiger charge is 2.20. The number of hydrogen-bond donors (Lipinski definition) is 1. The van der Waals surface area contributed by atoms with Crippen molar-refractivity contribution in [3.8, 4) is 0 Å². The van der Waals surface area contributed by atoms with Crippen LogP contribution in [0.25, 0.3) is 12.2 Å². The van der Waals surface area contributed by atoms with Crippen LogP contribution >= 0.6 is 0 Å². The van der Waals surface area contributed by atoms with Gasteiger partial charge in [0.25, 0.3) is 5.91 Å². The van der Waals surface area contributed by atoms with Crippen LogP contribution in [0.2, 0.25) is 0 Å². The monoisotopic (exact) mass is 358 g/mol. The third kappa shape index (κ3) is 3.82. The van der Waals surface area contributed by atoms with Gasteiger partial charge >= 0.3 is 0 Å². The van der Waals surface area contributed by atoms with E-state index < -0.39 is 0 Å². The van der Waals surface area contributed by atoms with E-state index in [-0.39, 0.29) is 11.7 Å². The van der Waals surface area contributed by atoms with Crippen LogP contribution < -0.4 is 5.32 Å². The normalized spacial score (nSPS) is 13.4. The first kappa shape index (κ1) is 16.8. The molecule has 0 aliphatic carbocycles. The van der Waals surface area contributed by atoms with Crippen molar-refractivity contribution in [1.82, 2.24) is 0 Å². The highest BCUT2D eigenvalue weighted by Crippen LogP contribution is 2.26. The number of benzene rings is 2. The molecule has 0 radical (unpaired) electrons. The summed E-state index contributed by atoms with van der Waals surface area (Å²) in [6.45, 7) is 1.15. The number of hydrogen-bond acceptors (Lipinski definition) is 4. The fourth-order valence-electron chi connectivity index (χ4n) is 2.88. The molecule has 3 aromatic rings. The van der Waals surface area contributed by atoms with Crippen molar-refractivity contribution < 1.29 is 13.9 Å². The van der Waals surface area contributed by atoms with Gasteiger partial charge in [0.15, 0.2) is 5.76 Å². The van der Waals surface area contributed by atoms with Gasteiger partial charge in [-0.3, -0.25) is 4.79 Å². The zero-order chi connectivity index (χ0) is 18.5. The molecule has 2 heterocycles. The molecule has 1 aliphatic heterocycles. The summed E-state index contributed by atoms with van der Waals surface area (Å²) < 4.78 is 10.9. The molecule has 1 N–H and O–H groups in total. The van der Waals surface area contributed by atoms with E-state index in [2.05, 4.69) is 10.3 Å². The topological polar surface area (TPSA) is 63.8 Å². The molecule has 1 amide bonds. The molecule has 2 aromatic carbocycles. The molecular weight excluding hydrogens is 340 g/mol. The van der Waals surface area contributed by atoms with Crippen molar-refractivity contribution in [3.63, 3.8) is 0 Å². The number of aliphatic imine (C=N–C) groups is 1. The average molecular weight is 358 g/mol.